The Morgan fingerprint density at radius 2 is 2.04 bits per heavy atom. The van der Waals surface area contributed by atoms with Gasteiger partial charge >= 0.3 is 5.63 Å². The molecular formula is C17H15BrN2O4. The van der Waals surface area contributed by atoms with Crippen molar-refractivity contribution < 1.29 is 14.1 Å². The van der Waals surface area contributed by atoms with Gasteiger partial charge in [-0.2, -0.15) is 4.74 Å². The average molecular weight is 391 g/mol. The highest BCUT2D eigenvalue weighted by molar-refractivity contribution is 9.10. The number of ketones is 1. The van der Waals surface area contributed by atoms with Crippen LogP contribution in [0.2, 0.25) is 0 Å². The van der Waals surface area contributed by atoms with E-state index in [9.17, 15) is 9.59 Å². The number of hydrogen-bond donors (Lipinski definition) is 0. The molecule has 2 aliphatic heterocycles. The lowest BCUT2D eigenvalue weighted by Crippen LogP contribution is -2.43. The number of aryl methyl sites for hydroxylation is 2. The Labute approximate surface area is 146 Å². The molecular weight excluding hydrogens is 376 g/mol. The highest BCUT2D eigenvalue weighted by Gasteiger charge is 2.44. The van der Waals surface area contributed by atoms with Gasteiger partial charge in [-0.15, -0.1) is 0 Å². The second kappa shape index (κ2) is 5.53. The summed E-state index contributed by atoms with van der Waals surface area (Å²) in [4.78, 5) is 29.4. The Bertz CT molecular complexity index is 941. The van der Waals surface area contributed by atoms with Gasteiger partial charge in [0, 0.05) is 17.4 Å². The molecule has 1 aromatic heterocycles. The minimum absolute atomic E-state index is 0.0424. The van der Waals surface area contributed by atoms with Gasteiger partial charge in [-0.25, -0.2) is 9.79 Å². The maximum atomic E-state index is 12.5. The largest absolute Gasteiger partial charge is 0.368 e. The average Bonchev–Trinajstić information content (AvgIpc) is 2.83. The van der Waals surface area contributed by atoms with E-state index in [1.54, 1.807) is 7.05 Å². The second-order valence-electron chi connectivity index (χ2n) is 6.14. The van der Waals surface area contributed by atoms with Gasteiger partial charge in [-0.05, 0) is 24.1 Å². The fourth-order valence-corrected chi connectivity index (χ4v) is 3.84. The summed E-state index contributed by atoms with van der Waals surface area (Å²) in [6.07, 6.45) is 0. The maximum absolute atomic E-state index is 12.5. The van der Waals surface area contributed by atoms with Crippen molar-refractivity contribution in [3.05, 3.63) is 49.8 Å². The standard InChI is InChI=1S/C17H15BrN2O4/c1-8-3-4-9(5-10(8)18)13-14-11(6-23-7-12(14)21)19-16-15(13)17(22)24-20(16)2/h3-5,13-14H,6-7H2,1-2H3. The van der Waals surface area contributed by atoms with Crippen LogP contribution in [-0.4, -0.2) is 29.4 Å². The molecule has 3 heterocycles. The van der Waals surface area contributed by atoms with Crippen molar-refractivity contribution in [3.8, 4) is 0 Å². The first kappa shape index (κ1) is 15.5. The zero-order chi connectivity index (χ0) is 17.0. The van der Waals surface area contributed by atoms with Crippen molar-refractivity contribution in [1.82, 2.24) is 4.74 Å². The van der Waals surface area contributed by atoms with Crippen molar-refractivity contribution in [1.29, 1.82) is 0 Å². The van der Waals surface area contributed by atoms with Crippen LogP contribution in [-0.2, 0) is 16.6 Å². The highest BCUT2D eigenvalue weighted by Crippen LogP contribution is 2.43. The Morgan fingerprint density at radius 1 is 1.25 bits per heavy atom. The van der Waals surface area contributed by atoms with Crippen LogP contribution in [0.25, 0.3) is 0 Å². The molecule has 0 aliphatic carbocycles. The molecule has 0 N–H and O–H groups in total. The van der Waals surface area contributed by atoms with Crippen molar-refractivity contribution in [2.24, 2.45) is 18.0 Å². The molecule has 0 spiro atoms. The lowest BCUT2D eigenvalue weighted by molar-refractivity contribution is -0.127. The molecule has 2 unspecified atom stereocenters. The van der Waals surface area contributed by atoms with Crippen molar-refractivity contribution >= 4 is 33.2 Å². The normalized spacial score (nSPS) is 22.8. The SMILES string of the molecule is Cc1ccc(C2c3c(n(C)oc3=O)N=C3COCC(=O)C32)cc1Br. The lowest BCUT2D eigenvalue weighted by atomic mass is 9.74. The molecule has 4 rings (SSSR count). The van der Waals surface area contributed by atoms with Crippen molar-refractivity contribution in [2.75, 3.05) is 13.2 Å². The molecule has 0 saturated carbocycles. The first-order valence-corrected chi connectivity index (χ1v) is 8.41. The number of carbonyl (C=O) groups excluding carboxylic acids is 1. The number of benzene rings is 1. The summed E-state index contributed by atoms with van der Waals surface area (Å²) >= 11 is 3.53. The van der Waals surface area contributed by atoms with Gasteiger partial charge in [0.25, 0.3) is 0 Å². The number of halogens is 1. The molecule has 2 aliphatic rings. The lowest BCUT2D eigenvalue weighted by Gasteiger charge is -2.33. The van der Waals surface area contributed by atoms with Gasteiger partial charge in [-0.1, -0.05) is 28.1 Å². The molecule has 0 bridgehead atoms. The molecule has 2 aromatic rings. The summed E-state index contributed by atoms with van der Waals surface area (Å²) in [7, 11) is 1.64. The molecule has 1 fully saturated rings. The predicted molar refractivity (Wildman–Crippen MR) is 91.1 cm³/mol. The van der Waals surface area contributed by atoms with E-state index in [1.165, 1.54) is 4.74 Å². The summed E-state index contributed by atoms with van der Waals surface area (Å²) in [6.45, 7) is 2.32. The second-order valence-corrected chi connectivity index (χ2v) is 6.99. The quantitative estimate of drug-likeness (QED) is 0.749. The third-order valence-corrected chi connectivity index (χ3v) is 5.48. The van der Waals surface area contributed by atoms with Crippen LogP contribution < -0.4 is 5.63 Å². The molecule has 0 radical (unpaired) electrons. The number of aliphatic imine (C=N–C) groups is 1. The Hall–Kier alpha value is -1.99. The highest BCUT2D eigenvalue weighted by atomic mass is 79.9. The summed E-state index contributed by atoms with van der Waals surface area (Å²) in [5, 5.41) is 0. The Kier molecular flexibility index (Phi) is 3.58. The van der Waals surface area contributed by atoms with Crippen LogP contribution in [0.15, 0.2) is 37.0 Å². The molecule has 7 heteroatoms. The van der Waals surface area contributed by atoms with E-state index >= 15 is 0 Å². The molecule has 24 heavy (non-hydrogen) atoms. The van der Waals surface area contributed by atoms with E-state index in [4.69, 9.17) is 9.26 Å². The molecule has 1 aromatic carbocycles. The van der Waals surface area contributed by atoms with Gasteiger partial charge in [-0.3, -0.25) is 4.79 Å². The number of fused-ring (bicyclic) bond motifs is 2. The zero-order valence-corrected chi connectivity index (χ0v) is 14.8. The van der Waals surface area contributed by atoms with Crippen molar-refractivity contribution in [2.45, 2.75) is 12.8 Å². The molecule has 1 saturated heterocycles. The summed E-state index contributed by atoms with van der Waals surface area (Å²) in [5.74, 6) is -0.480. The van der Waals surface area contributed by atoms with Crippen molar-refractivity contribution in [3.63, 3.8) is 0 Å². The van der Waals surface area contributed by atoms with Crippen LogP contribution in [0.4, 0.5) is 5.82 Å². The van der Waals surface area contributed by atoms with Gasteiger partial charge in [0.05, 0.1) is 23.8 Å². The van der Waals surface area contributed by atoms with E-state index in [1.807, 2.05) is 25.1 Å². The summed E-state index contributed by atoms with van der Waals surface area (Å²) in [6, 6.07) is 5.88. The Morgan fingerprint density at radius 3 is 2.79 bits per heavy atom. The van der Waals surface area contributed by atoms with Crippen LogP contribution in [0, 0.1) is 12.8 Å². The molecule has 6 nitrogen and oxygen atoms in total. The van der Waals surface area contributed by atoms with Crippen LogP contribution >= 0.6 is 15.9 Å². The van der Waals surface area contributed by atoms with Crippen LogP contribution in [0.1, 0.15) is 22.6 Å². The summed E-state index contributed by atoms with van der Waals surface area (Å²) in [5.41, 5.74) is 2.62. The van der Waals surface area contributed by atoms with Crippen LogP contribution in [0.5, 0.6) is 0 Å². The first-order valence-electron chi connectivity index (χ1n) is 7.61. The number of ether oxygens (including phenoxy) is 1. The minimum Gasteiger partial charge on any atom is -0.368 e. The predicted octanol–water partition coefficient (Wildman–Crippen LogP) is 2.48. The number of hydrogen-bond acceptors (Lipinski definition) is 5. The van der Waals surface area contributed by atoms with Crippen LogP contribution in [0.3, 0.4) is 0 Å². The molecule has 124 valence electrons. The minimum atomic E-state index is -0.480. The third kappa shape index (κ3) is 2.22. The number of nitrogens with zero attached hydrogens (tertiary/aromatic N) is 2. The van der Waals surface area contributed by atoms with E-state index in [0.29, 0.717) is 23.7 Å². The third-order valence-electron chi connectivity index (χ3n) is 4.63. The van der Waals surface area contributed by atoms with E-state index in [0.717, 1.165) is 15.6 Å². The van der Waals surface area contributed by atoms with Gasteiger partial charge < -0.3 is 9.26 Å². The monoisotopic (exact) mass is 390 g/mol. The van der Waals surface area contributed by atoms with Gasteiger partial charge in [0.2, 0.25) is 0 Å². The van der Waals surface area contributed by atoms with E-state index in [-0.39, 0.29) is 12.4 Å². The zero-order valence-electron chi connectivity index (χ0n) is 13.2. The molecule has 2 atom stereocenters. The van der Waals surface area contributed by atoms with E-state index in [2.05, 4.69) is 20.9 Å². The number of aromatic nitrogens is 1. The number of carbonyl (C=O) groups is 1. The molecule has 0 amide bonds. The maximum Gasteiger partial charge on any atom is 0.363 e. The fraction of sp³-hybridized carbons (Fsp3) is 0.353. The summed E-state index contributed by atoms with van der Waals surface area (Å²) < 4.78 is 12.8. The number of rotatable bonds is 1. The smallest absolute Gasteiger partial charge is 0.363 e. The Balaban J connectivity index is 1.98. The van der Waals surface area contributed by atoms with Gasteiger partial charge in [0.1, 0.15) is 6.61 Å². The van der Waals surface area contributed by atoms with E-state index < -0.39 is 17.5 Å². The topological polar surface area (TPSA) is 73.8 Å². The number of Topliss-reactive ketones (excluding diaryl/α,β-unsaturated/α-hetero) is 1. The van der Waals surface area contributed by atoms with Gasteiger partial charge in [0.15, 0.2) is 11.6 Å². The first-order chi connectivity index (χ1) is 11.5. The fourth-order valence-electron chi connectivity index (χ4n) is 3.44.